The number of allylic oxidation sites excluding steroid dienone is 2. The quantitative estimate of drug-likeness (QED) is 0.607. The summed E-state index contributed by atoms with van der Waals surface area (Å²) in [7, 11) is 0. The van der Waals surface area contributed by atoms with Crippen LogP contribution in [-0.4, -0.2) is 32.7 Å². The number of nitrogens with two attached hydrogens (primary N) is 1. The highest BCUT2D eigenvalue weighted by Crippen LogP contribution is 2.31. The fourth-order valence-corrected chi connectivity index (χ4v) is 3.30. The minimum Gasteiger partial charge on any atom is -0.368 e. The molecule has 1 amide bonds. The molecule has 1 aliphatic heterocycles. The number of hydroxylamine groups is 2. The molecule has 0 saturated heterocycles. The molecule has 0 radical (unpaired) electrons. The van der Waals surface area contributed by atoms with Crippen LogP contribution >= 0.6 is 11.6 Å². The summed E-state index contributed by atoms with van der Waals surface area (Å²) in [6.45, 7) is 2.02. The Kier molecular flexibility index (Phi) is 4.92. The van der Waals surface area contributed by atoms with Gasteiger partial charge in [0.1, 0.15) is 0 Å². The molecule has 0 unspecified atom stereocenters. The van der Waals surface area contributed by atoms with Crippen LogP contribution in [0.2, 0.25) is 5.02 Å². The molecule has 4 N–H and O–H groups in total. The maximum Gasteiger partial charge on any atom is 0.253 e. The third-order valence-electron chi connectivity index (χ3n) is 4.61. The molecule has 4 rings (SSSR count). The lowest BCUT2D eigenvalue weighted by molar-refractivity contribution is -0.114. The van der Waals surface area contributed by atoms with E-state index in [1.54, 1.807) is 30.4 Å². The molecule has 0 atom stereocenters. The third-order valence-corrected chi connectivity index (χ3v) is 4.85. The number of carbonyl (C=O) groups excluding carboxylic acids is 1. The van der Waals surface area contributed by atoms with Crippen molar-refractivity contribution in [3.63, 3.8) is 0 Å². The average molecular weight is 408 g/mol. The van der Waals surface area contributed by atoms with E-state index in [4.69, 9.17) is 17.3 Å². The first kappa shape index (κ1) is 18.9. The molecule has 1 aromatic heterocycles. The zero-order valence-corrected chi connectivity index (χ0v) is 16.3. The molecular formula is C21H18ClN5O2. The number of aromatic nitrogens is 2. The molecule has 3 aromatic rings. The van der Waals surface area contributed by atoms with Crippen LogP contribution in [0.1, 0.15) is 5.56 Å². The molecular weight excluding hydrogens is 390 g/mol. The van der Waals surface area contributed by atoms with Gasteiger partial charge in [0, 0.05) is 33.4 Å². The standard InChI is InChI=1S/C21H18ClN5O2/c1-12-4-5-13(9-18(12)24-20(28)14-3-2-8-27(29)11-14)19-16-10-15(22)6-7-17(16)25-21(23)26-19/h2-10,29H,11H2,1H3,(H,24,28)(H2,23,25,26). The largest absolute Gasteiger partial charge is 0.368 e. The van der Waals surface area contributed by atoms with Gasteiger partial charge in [-0.1, -0.05) is 29.8 Å². The van der Waals surface area contributed by atoms with Gasteiger partial charge < -0.3 is 11.1 Å². The average Bonchev–Trinajstić information content (AvgIpc) is 2.69. The van der Waals surface area contributed by atoms with Crippen molar-refractivity contribution in [1.82, 2.24) is 15.0 Å². The number of nitrogen functional groups attached to an aromatic ring is 1. The predicted octanol–water partition coefficient (Wildman–Crippen LogP) is 3.92. The summed E-state index contributed by atoms with van der Waals surface area (Å²) in [5, 5.41) is 14.8. The number of nitrogens with one attached hydrogen (secondary N) is 1. The maximum atomic E-state index is 12.6. The van der Waals surface area contributed by atoms with Crippen LogP contribution in [0.4, 0.5) is 11.6 Å². The smallest absolute Gasteiger partial charge is 0.253 e. The number of carbonyl (C=O) groups is 1. The number of aryl methyl sites for hydroxylation is 1. The van der Waals surface area contributed by atoms with Gasteiger partial charge in [-0.15, -0.1) is 0 Å². The van der Waals surface area contributed by atoms with Crippen LogP contribution in [0.15, 0.2) is 60.3 Å². The Morgan fingerprint density at radius 2 is 2.07 bits per heavy atom. The molecule has 0 aliphatic carbocycles. The Morgan fingerprint density at radius 3 is 2.86 bits per heavy atom. The van der Waals surface area contributed by atoms with Gasteiger partial charge >= 0.3 is 0 Å². The highest BCUT2D eigenvalue weighted by molar-refractivity contribution is 6.31. The molecule has 0 fully saturated rings. The van der Waals surface area contributed by atoms with Gasteiger partial charge in [-0.3, -0.25) is 15.1 Å². The van der Waals surface area contributed by atoms with E-state index in [1.165, 1.54) is 6.20 Å². The van der Waals surface area contributed by atoms with Crippen LogP contribution in [-0.2, 0) is 4.79 Å². The first-order chi connectivity index (χ1) is 13.9. The minimum absolute atomic E-state index is 0.118. The first-order valence-corrected chi connectivity index (χ1v) is 9.26. The molecule has 0 spiro atoms. The van der Waals surface area contributed by atoms with E-state index >= 15 is 0 Å². The predicted molar refractivity (Wildman–Crippen MR) is 113 cm³/mol. The second-order valence-electron chi connectivity index (χ2n) is 6.71. The van der Waals surface area contributed by atoms with Crippen LogP contribution in [0.25, 0.3) is 22.2 Å². The Morgan fingerprint density at radius 1 is 1.24 bits per heavy atom. The second-order valence-corrected chi connectivity index (χ2v) is 7.14. The van der Waals surface area contributed by atoms with Gasteiger partial charge in [0.25, 0.3) is 5.91 Å². The number of hydrogen-bond donors (Lipinski definition) is 3. The van der Waals surface area contributed by atoms with Crippen LogP contribution in [0, 0.1) is 6.92 Å². The number of hydrogen-bond acceptors (Lipinski definition) is 6. The summed E-state index contributed by atoms with van der Waals surface area (Å²) in [6.07, 6.45) is 4.77. The lowest BCUT2D eigenvalue weighted by Gasteiger charge is -2.18. The van der Waals surface area contributed by atoms with Crippen molar-refractivity contribution in [2.75, 3.05) is 17.6 Å². The van der Waals surface area contributed by atoms with Gasteiger partial charge in [-0.2, -0.15) is 0 Å². The number of amides is 1. The normalized spacial score (nSPS) is 13.5. The number of nitrogens with zero attached hydrogens (tertiary/aromatic N) is 3. The number of benzene rings is 2. The van der Waals surface area contributed by atoms with Gasteiger partial charge in [0.2, 0.25) is 5.95 Å². The lowest BCUT2D eigenvalue weighted by atomic mass is 10.0. The van der Waals surface area contributed by atoms with Crippen molar-refractivity contribution >= 4 is 40.0 Å². The highest BCUT2D eigenvalue weighted by atomic mass is 35.5. The summed E-state index contributed by atoms with van der Waals surface area (Å²) in [5.41, 5.74) is 9.96. The molecule has 146 valence electrons. The summed E-state index contributed by atoms with van der Waals surface area (Å²) < 4.78 is 0. The van der Waals surface area contributed by atoms with Gasteiger partial charge in [-0.05, 0) is 42.8 Å². The zero-order chi connectivity index (χ0) is 20.5. The number of halogens is 1. The van der Waals surface area contributed by atoms with Gasteiger partial charge in [0.15, 0.2) is 0 Å². The number of rotatable bonds is 3. The Balaban J connectivity index is 1.74. The lowest BCUT2D eigenvalue weighted by Crippen LogP contribution is -2.26. The van der Waals surface area contributed by atoms with E-state index in [1.807, 2.05) is 25.1 Å². The summed E-state index contributed by atoms with van der Waals surface area (Å²) in [4.78, 5) is 21.3. The van der Waals surface area contributed by atoms with E-state index in [-0.39, 0.29) is 18.4 Å². The fourth-order valence-electron chi connectivity index (χ4n) is 3.13. The van der Waals surface area contributed by atoms with Crippen LogP contribution in [0.3, 0.4) is 0 Å². The van der Waals surface area contributed by atoms with Crippen molar-refractivity contribution in [3.05, 3.63) is 70.9 Å². The van der Waals surface area contributed by atoms with Crippen molar-refractivity contribution in [1.29, 1.82) is 0 Å². The van der Waals surface area contributed by atoms with E-state index in [9.17, 15) is 10.0 Å². The van der Waals surface area contributed by atoms with Crippen LogP contribution < -0.4 is 11.1 Å². The zero-order valence-electron chi connectivity index (χ0n) is 15.6. The topological polar surface area (TPSA) is 104 Å². The van der Waals surface area contributed by atoms with E-state index < -0.39 is 0 Å². The van der Waals surface area contributed by atoms with E-state index in [0.717, 1.165) is 21.6 Å². The van der Waals surface area contributed by atoms with Crippen molar-refractivity contribution in [2.45, 2.75) is 6.92 Å². The fraction of sp³-hybridized carbons (Fsp3) is 0.0952. The summed E-state index contributed by atoms with van der Waals surface area (Å²) in [6, 6.07) is 11.0. The van der Waals surface area contributed by atoms with Gasteiger partial charge in [-0.25, -0.2) is 9.97 Å². The molecule has 0 bridgehead atoms. The minimum atomic E-state index is -0.288. The number of fused-ring (bicyclic) bond motifs is 1. The molecule has 29 heavy (non-hydrogen) atoms. The molecule has 2 aromatic carbocycles. The second kappa shape index (κ2) is 7.54. The maximum absolute atomic E-state index is 12.6. The molecule has 0 saturated carbocycles. The Bertz CT molecular complexity index is 1190. The van der Waals surface area contributed by atoms with Crippen LogP contribution in [0.5, 0.6) is 0 Å². The molecule has 2 heterocycles. The molecule has 1 aliphatic rings. The highest BCUT2D eigenvalue weighted by Gasteiger charge is 2.16. The van der Waals surface area contributed by atoms with Crippen molar-refractivity contribution in [3.8, 4) is 11.3 Å². The summed E-state index contributed by atoms with van der Waals surface area (Å²) in [5.74, 6) is -0.132. The Labute approximate surface area is 172 Å². The van der Waals surface area contributed by atoms with Crippen molar-refractivity contribution in [2.24, 2.45) is 0 Å². The molecule has 7 nitrogen and oxygen atoms in total. The number of anilines is 2. The SMILES string of the molecule is Cc1ccc(-c2nc(N)nc3ccc(Cl)cc23)cc1NC(=O)C1=CC=CN(O)C1. The van der Waals surface area contributed by atoms with E-state index in [2.05, 4.69) is 15.3 Å². The van der Waals surface area contributed by atoms with E-state index in [0.29, 0.717) is 27.5 Å². The monoisotopic (exact) mass is 407 g/mol. The molecule has 8 heteroatoms. The Hall–Kier alpha value is -3.42. The van der Waals surface area contributed by atoms with Crippen molar-refractivity contribution < 1.29 is 10.0 Å². The van der Waals surface area contributed by atoms with Gasteiger partial charge in [0.05, 0.1) is 17.8 Å². The summed E-state index contributed by atoms with van der Waals surface area (Å²) >= 11 is 6.16. The third kappa shape index (κ3) is 3.91. The first-order valence-electron chi connectivity index (χ1n) is 8.89.